The van der Waals surface area contributed by atoms with Crippen molar-refractivity contribution in [1.82, 2.24) is 26.1 Å². The molecule has 0 aliphatic heterocycles. The lowest BCUT2D eigenvalue weighted by Gasteiger charge is -2.11. The maximum atomic E-state index is 15.0. The summed E-state index contributed by atoms with van der Waals surface area (Å²) in [6.07, 6.45) is 3.43. The molecule has 5 rings (SSSR count). The van der Waals surface area contributed by atoms with Crippen molar-refractivity contribution in [2.24, 2.45) is 0 Å². The summed E-state index contributed by atoms with van der Waals surface area (Å²) < 4.78 is 27.0. The quantitative estimate of drug-likeness (QED) is 0.110. The molecular formula is C31H29FN6O4S. The number of anilines is 1. The molecule has 43 heavy (non-hydrogen) atoms. The molecule has 0 saturated heterocycles. The highest BCUT2D eigenvalue weighted by atomic mass is 32.1. The molecule has 2 aromatic carbocycles. The molecule has 0 atom stereocenters. The van der Waals surface area contributed by atoms with Crippen molar-refractivity contribution in [1.29, 1.82) is 0 Å². The van der Waals surface area contributed by atoms with Crippen molar-refractivity contribution in [2.75, 3.05) is 25.1 Å². The van der Waals surface area contributed by atoms with Crippen LogP contribution in [0.1, 0.15) is 22.8 Å². The number of aromatic nitrogens is 2. The molecule has 12 heteroatoms. The minimum atomic E-state index is -0.737. The average molecular weight is 601 g/mol. The third kappa shape index (κ3) is 7.89. The van der Waals surface area contributed by atoms with Crippen LogP contribution in [-0.2, 0) is 11.3 Å². The standard InChI is InChI=1S/C31H29FN6O4S/c1-2-41-15-14-33-18-20-8-10-24(35-19-20)28-17-25-29(43-28)27(12-13-34-25)42-26-11-9-22(16-23(26)32)36-31(40)38-37-30(39)21-6-4-3-5-7-21/h3-13,16-17,19,33H,2,14-15,18H2,1H3,(H,37,39)(H2,36,38,40). The number of halogens is 1. The lowest BCUT2D eigenvalue weighted by atomic mass is 10.2. The van der Waals surface area contributed by atoms with Crippen LogP contribution in [0.25, 0.3) is 20.8 Å². The third-order valence-electron chi connectivity index (χ3n) is 6.14. The predicted octanol–water partition coefficient (Wildman–Crippen LogP) is 5.88. The molecule has 0 saturated carbocycles. The summed E-state index contributed by atoms with van der Waals surface area (Å²) in [6.45, 7) is 4.80. The number of benzene rings is 2. The molecule has 0 spiro atoms. The summed E-state index contributed by atoms with van der Waals surface area (Å²) in [7, 11) is 0. The molecule has 0 aliphatic carbocycles. The minimum Gasteiger partial charge on any atom is -0.453 e. The van der Waals surface area contributed by atoms with Gasteiger partial charge in [0, 0.05) is 55.5 Å². The third-order valence-corrected chi connectivity index (χ3v) is 7.31. The van der Waals surface area contributed by atoms with E-state index in [0.717, 1.165) is 33.4 Å². The fourth-order valence-corrected chi connectivity index (χ4v) is 5.08. The van der Waals surface area contributed by atoms with Crippen molar-refractivity contribution in [3.63, 3.8) is 0 Å². The van der Waals surface area contributed by atoms with Crippen LogP contribution in [0.2, 0.25) is 0 Å². The number of hydrogen-bond acceptors (Lipinski definition) is 8. The van der Waals surface area contributed by atoms with Crippen LogP contribution in [0.5, 0.6) is 11.5 Å². The summed E-state index contributed by atoms with van der Waals surface area (Å²) in [5, 5.41) is 5.79. The molecule has 0 fully saturated rings. The number of hydrazine groups is 1. The van der Waals surface area contributed by atoms with E-state index < -0.39 is 17.8 Å². The summed E-state index contributed by atoms with van der Waals surface area (Å²) in [4.78, 5) is 34.2. The van der Waals surface area contributed by atoms with E-state index in [1.807, 2.05) is 31.3 Å². The first-order valence-corrected chi connectivity index (χ1v) is 14.3. The Morgan fingerprint density at radius 3 is 2.58 bits per heavy atom. The number of urea groups is 1. The fourth-order valence-electron chi connectivity index (χ4n) is 4.04. The van der Waals surface area contributed by atoms with Crippen molar-refractivity contribution in [2.45, 2.75) is 13.5 Å². The van der Waals surface area contributed by atoms with Crippen LogP contribution in [0.15, 0.2) is 85.2 Å². The van der Waals surface area contributed by atoms with Crippen molar-refractivity contribution in [3.05, 3.63) is 102 Å². The molecule has 3 heterocycles. The Labute approximate surface area is 251 Å². The monoisotopic (exact) mass is 600 g/mol. The van der Waals surface area contributed by atoms with Gasteiger partial charge >= 0.3 is 6.03 Å². The van der Waals surface area contributed by atoms with Crippen LogP contribution in [0, 0.1) is 5.82 Å². The van der Waals surface area contributed by atoms with E-state index in [2.05, 4.69) is 31.5 Å². The lowest BCUT2D eigenvalue weighted by Crippen LogP contribution is -2.43. The summed E-state index contributed by atoms with van der Waals surface area (Å²) in [6, 6.07) is 19.3. The van der Waals surface area contributed by atoms with Crippen LogP contribution in [0.4, 0.5) is 14.9 Å². The lowest BCUT2D eigenvalue weighted by molar-refractivity contribution is 0.0938. The number of nitrogens with zero attached hydrogens (tertiary/aromatic N) is 2. The maximum absolute atomic E-state index is 15.0. The normalized spacial score (nSPS) is 10.8. The number of carbonyl (C=O) groups excluding carboxylic acids is 2. The van der Waals surface area contributed by atoms with Gasteiger partial charge in [-0.05, 0) is 48.9 Å². The molecule has 0 radical (unpaired) electrons. The fraction of sp³-hybridized carbons (Fsp3) is 0.161. The Morgan fingerprint density at radius 1 is 0.953 bits per heavy atom. The van der Waals surface area contributed by atoms with Gasteiger partial charge in [-0.25, -0.2) is 14.6 Å². The number of hydrogen-bond donors (Lipinski definition) is 4. The second kappa shape index (κ2) is 14.3. The van der Waals surface area contributed by atoms with Crippen molar-refractivity contribution < 1.29 is 23.5 Å². The molecule has 0 bridgehead atoms. The van der Waals surface area contributed by atoms with E-state index in [9.17, 15) is 14.0 Å². The molecule has 0 unspecified atom stereocenters. The zero-order chi connectivity index (χ0) is 30.0. The summed E-state index contributed by atoms with van der Waals surface area (Å²) >= 11 is 1.45. The Balaban J connectivity index is 1.20. The number of carbonyl (C=O) groups is 2. The number of pyridine rings is 2. The predicted molar refractivity (Wildman–Crippen MR) is 164 cm³/mol. The second-order valence-electron chi connectivity index (χ2n) is 9.21. The number of rotatable bonds is 11. The van der Waals surface area contributed by atoms with E-state index in [1.54, 1.807) is 42.6 Å². The average Bonchev–Trinajstić information content (AvgIpc) is 3.47. The van der Waals surface area contributed by atoms with Gasteiger partial charge < -0.3 is 20.1 Å². The van der Waals surface area contributed by atoms with Crippen LogP contribution in [0.3, 0.4) is 0 Å². The van der Waals surface area contributed by atoms with Gasteiger partial charge in [0.1, 0.15) is 5.75 Å². The van der Waals surface area contributed by atoms with Gasteiger partial charge in [-0.15, -0.1) is 11.3 Å². The number of thiophene rings is 1. The zero-order valence-corrected chi connectivity index (χ0v) is 24.0. The number of nitrogens with one attached hydrogen (secondary N) is 4. The van der Waals surface area contributed by atoms with Crippen LogP contribution in [-0.4, -0.2) is 41.7 Å². The SMILES string of the molecule is CCOCCNCc1ccc(-c2cc3nccc(Oc4ccc(NC(=O)NNC(=O)c5ccccc5)cc4F)c3s2)nc1. The zero-order valence-electron chi connectivity index (χ0n) is 23.2. The van der Waals surface area contributed by atoms with Crippen molar-refractivity contribution >= 4 is 39.2 Å². The molecule has 10 nitrogen and oxygen atoms in total. The molecule has 3 amide bonds. The van der Waals surface area contributed by atoms with Gasteiger partial charge in [-0.2, -0.15) is 0 Å². The highest BCUT2D eigenvalue weighted by Crippen LogP contribution is 2.39. The van der Waals surface area contributed by atoms with E-state index in [-0.39, 0.29) is 11.4 Å². The topological polar surface area (TPSA) is 126 Å². The summed E-state index contributed by atoms with van der Waals surface area (Å²) in [5.74, 6) is -0.748. The molecule has 3 aromatic heterocycles. The van der Waals surface area contributed by atoms with Gasteiger partial charge in [0.2, 0.25) is 0 Å². The number of fused-ring (bicyclic) bond motifs is 1. The van der Waals surface area contributed by atoms with E-state index >= 15 is 0 Å². The minimum absolute atomic E-state index is 0.0231. The first kappa shape index (κ1) is 29.6. The second-order valence-corrected chi connectivity index (χ2v) is 10.3. The Morgan fingerprint density at radius 2 is 1.81 bits per heavy atom. The van der Waals surface area contributed by atoms with Crippen LogP contribution >= 0.6 is 11.3 Å². The molecular weight excluding hydrogens is 571 g/mol. The first-order chi connectivity index (χ1) is 21.0. The number of amides is 3. The Hall–Kier alpha value is -4.91. The highest BCUT2D eigenvalue weighted by Gasteiger charge is 2.15. The first-order valence-electron chi connectivity index (χ1n) is 13.5. The van der Waals surface area contributed by atoms with Gasteiger partial charge in [0.05, 0.1) is 27.4 Å². The van der Waals surface area contributed by atoms with Gasteiger partial charge in [-0.1, -0.05) is 24.3 Å². The smallest absolute Gasteiger partial charge is 0.337 e. The van der Waals surface area contributed by atoms with E-state index in [0.29, 0.717) is 36.6 Å². The maximum Gasteiger partial charge on any atom is 0.337 e. The molecule has 5 aromatic rings. The van der Waals surface area contributed by atoms with Crippen LogP contribution < -0.4 is 26.2 Å². The Bertz CT molecular complexity index is 1700. The van der Waals surface area contributed by atoms with Gasteiger partial charge in [0.15, 0.2) is 11.6 Å². The van der Waals surface area contributed by atoms with Gasteiger partial charge in [0.25, 0.3) is 5.91 Å². The molecule has 220 valence electrons. The van der Waals surface area contributed by atoms with E-state index in [4.69, 9.17) is 9.47 Å². The van der Waals surface area contributed by atoms with Gasteiger partial charge in [-0.3, -0.25) is 20.2 Å². The molecule has 0 aliphatic rings. The summed E-state index contributed by atoms with van der Waals surface area (Å²) in [5.41, 5.74) is 7.64. The number of ether oxygens (including phenoxy) is 2. The largest absolute Gasteiger partial charge is 0.453 e. The highest BCUT2D eigenvalue weighted by molar-refractivity contribution is 7.22. The molecule has 4 N–H and O–H groups in total. The van der Waals surface area contributed by atoms with Crippen molar-refractivity contribution in [3.8, 4) is 22.1 Å². The Kier molecular flexibility index (Phi) is 9.85. The van der Waals surface area contributed by atoms with E-state index in [1.165, 1.54) is 23.5 Å².